The van der Waals surface area contributed by atoms with E-state index in [1.165, 1.54) is 57.1 Å². The molecule has 1 aliphatic carbocycles. The molecule has 0 heterocycles. The van der Waals surface area contributed by atoms with Gasteiger partial charge in [0.25, 0.3) is 0 Å². The van der Waals surface area contributed by atoms with E-state index in [9.17, 15) is 4.79 Å². The molecule has 0 aliphatic heterocycles. The highest BCUT2D eigenvalue weighted by atomic mass is 16.5. The molecule has 1 rings (SSSR count). The minimum atomic E-state index is -0.254. The topological polar surface area (TPSA) is 38.7 Å². The molecule has 0 spiro atoms. The number of carbonyl (C=O) groups is 1. The summed E-state index contributed by atoms with van der Waals surface area (Å²) in [6, 6.07) is 0. The molecular weight excluding hydrogens is 346 g/mol. The predicted molar refractivity (Wildman–Crippen MR) is 121 cm³/mol. The second kappa shape index (κ2) is 17.5. The highest BCUT2D eigenvalue weighted by Gasteiger charge is 2.09. The Labute approximate surface area is 173 Å². The van der Waals surface area contributed by atoms with Gasteiger partial charge in [0, 0.05) is 18.3 Å². The van der Waals surface area contributed by atoms with Gasteiger partial charge in [-0.1, -0.05) is 69.8 Å². The molecule has 158 valence electrons. The third-order valence-electron chi connectivity index (χ3n) is 5.02. The Morgan fingerprint density at radius 2 is 1.79 bits per heavy atom. The first kappa shape index (κ1) is 24.4. The maximum Gasteiger partial charge on any atom is 0.330 e. The lowest BCUT2D eigenvalue weighted by Gasteiger charge is -2.13. The van der Waals surface area contributed by atoms with E-state index in [1.807, 2.05) is 13.0 Å². The van der Waals surface area contributed by atoms with Crippen LogP contribution in [0.15, 0.2) is 41.4 Å². The van der Waals surface area contributed by atoms with Crippen LogP contribution in [0.2, 0.25) is 0 Å². The van der Waals surface area contributed by atoms with Crippen molar-refractivity contribution in [2.75, 3.05) is 13.2 Å². The van der Waals surface area contributed by atoms with E-state index >= 15 is 0 Å². The molecule has 0 aromatic heterocycles. The first-order chi connectivity index (χ1) is 13.8. The van der Waals surface area contributed by atoms with Gasteiger partial charge >= 0.3 is 5.97 Å². The van der Waals surface area contributed by atoms with Crippen molar-refractivity contribution >= 4 is 11.7 Å². The van der Waals surface area contributed by atoms with Crippen LogP contribution < -0.4 is 0 Å². The number of aliphatic imine (C=N–C) groups is 1. The number of hydrogen-bond acceptors (Lipinski definition) is 3. The fourth-order valence-electron chi connectivity index (χ4n) is 3.30. The predicted octanol–water partition coefficient (Wildman–Crippen LogP) is 6.99. The molecule has 0 saturated carbocycles. The fraction of sp³-hybridized carbons (Fsp3) is 0.680. The SMILES string of the molecule is CCCCCCCCCC=CCCCN=C1C=CC(C=CC(=O)OCC)CC1. The van der Waals surface area contributed by atoms with E-state index in [2.05, 4.69) is 31.2 Å². The lowest BCUT2D eigenvalue weighted by atomic mass is 9.94. The summed E-state index contributed by atoms with van der Waals surface area (Å²) in [6.07, 6.45) is 27.5. The summed E-state index contributed by atoms with van der Waals surface area (Å²) < 4.78 is 4.91. The molecule has 1 aliphatic rings. The van der Waals surface area contributed by atoms with Crippen LogP contribution in [0.1, 0.15) is 90.9 Å². The number of unbranched alkanes of at least 4 members (excludes halogenated alkanes) is 8. The number of ether oxygens (including phenoxy) is 1. The van der Waals surface area contributed by atoms with Gasteiger partial charge in [-0.15, -0.1) is 0 Å². The average molecular weight is 388 g/mol. The molecule has 1 atom stereocenters. The fourth-order valence-corrected chi connectivity index (χ4v) is 3.30. The van der Waals surface area contributed by atoms with Gasteiger partial charge in [-0.25, -0.2) is 4.79 Å². The molecule has 0 saturated heterocycles. The zero-order valence-corrected chi connectivity index (χ0v) is 18.2. The van der Waals surface area contributed by atoms with Gasteiger partial charge in [-0.3, -0.25) is 4.99 Å². The maximum atomic E-state index is 11.3. The van der Waals surface area contributed by atoms with Gasteiger partial charge in [0.1, 0.15) is 0 Å². The molecule has 0 amide bonds. The Hall–Kier alpha value is -1.64. The maximum absolute atomic E-state index is 11.3. The Morgan fingerprint density at radius 3 is 2.46 bits per heavy atom. The molecule has 3 nitrogen and oxygen atoms in total. The molecule has 0 radical (unpaired) electrons. The summed E-state index contributed by atoms with van der Waals surface area (Å²) in [6.45, 7) is 5.42. The van der Waals surface area contributed by atoms with E-state index in [0.29, 0.717) is 12.5 Å². The van der Waals surface area contributed by atoms with Crippen LogP contribution in [0, 0.1) is 5.92 Å². The standard InChI is InChI=1S/C25H41NO2/c1-3-5-6-7-8-9-10-11-12-13-14-15-22-26-24-19-16-23(17-20-24)18-21-25(27)28-4-2/h12-13,16,18-19,21,23H,3-11,14-15,17,20,22H2,1-2H3. The van der Waals surface area contributed by atoms with Crippen molar-refractivity contribution in [1.82, 2.24) is 0 Å². The number of esters is 1. The summed E-state index contributed by atoms with van der Waals surface area (Å²) in [5, 5.41) is 0. The van der Waals surface area contributed by atoms with E-state index in [-0.39, 0.29) is 5.97 Å². The van der Waals surface area contributed by atoms with Gasteiger partial charge in [-0.05, 0) is 57.4 Å². The molecule has 0 aromatic carbocycles. The van der Waals surface area contributed by atoms with Crippen LogP contribution >= 0.6 is 0 Å². The first-order valence-electron chi connectivity index (χ1n) is 11.5. The molecule has 0 bridgehead atoms. The zero-order chi connectivity index (χ0) is 20.3. The monoisotopic (exact) mass is 387 g/mol. The largest absolute Gasteiger partial charge is 0.463 e. The van der Waals surface area contributed by atoms with Gasteiger partial charge < -0.3 is 4.74 Å². The van der Waals surface area contributed by atoms with Gasteiger partial charge in [0.15, 0.2) is 0 Å². The summed E-state index contributed by atoms with van der Waals surface area (Å²) >= 11 is 0. The normalized spacial score (nSPS) is 18.5. The van der Waals surface area contributed by atoms with Crippen LogP contribution in [-0.2, 0) is 9.53 Å². The van der Waals surface area contributed by atoms with E-state index in [4.69, 9.17) is 9.73 Å². The number of rotatable bonds is 15. The zero-order valence-electron chi connectivity index (χ0n) is 18.2. The van der Waals surface area contributed by atoms with E-state index in [1.54, 1.807) is 6.08 Å². The number of hydrogen-bond donors (Lipinski definition) is 0. The lowest BCUT2D eigenvalue weighted by molar-refractivity contribution is -0.137. The lowest BCUT2D eigenvalue weighted by Crippen LogP contribution is -2.08. The van der Waals surface area contributed by atoms with Crippen LogP contribution in [0.3, 0.4) is 0 Å². The van der Waals surface area contributed by atoms with Crippen molar-refractivity contribution in [3.05, 3.63) is 36.5 Å². The Kier molecular flexibility index (Phi) is 15.2. The van der Waals surface area contributed by atoms with Crippen molar-refractivity contribution in [1.29, 1.82) is 0 Å². The number of nitrogens with zero attached hydrogens (tertiary/aromatic N) is 1. The second-order valence-electron chi connectivity index (χ2n) is 7.57. The summed E-state index contributed by atoms with van der Waals surface area (Å²) in [5.74, 6) is 0.0633. The molecule has 0 aromatic rings. The minimum absolute atomic E-state index is 0.254. The smallest absolute Gasteiger partial charge is 0.330 e. The number of carbonyl (C=O) groups excluding carboxylic acids is 1. The second-order valence-corrected chi connectivity index (χ2v) is 7.57. The van der Waals surface area contributed by atoms with Gasteiger partial charge in [-0.2, -0.15) is 0 Å². The third kappa shape index (κ3) is 13.5. The molecule has 28 heavy (non-hydrogen) atoms. The van der Waals surface area contributed by atoms with Crippen LogP contribution in [-0.4, -0.2) is 24.8 Å². The van der Waals surface area contributed by atoms with Crippen LogP contribution in [0.5, 0.6) is 0 Å². The quantitative estimate of drug-likeness (QED) is 0.131. The highest BCUT2D eigenvalue weighted by Crippen LogP contribution is 2.17. The average Bonchev–Trinajstić information content (AvgIpc) is 2.71. The molecular formula is C25H41NO2. The van der Waals surface area contributed by atoms with Gasteiger partial charge in [0.2, 0.25) is 0 Å². The minimum Gasteiger partial charge on any atom is -0.463 e. The summed E-state index contributed by atoms with van der Waals surface area (Å²) in [4.78, 5) is 16.0. The van der Waals surface area contributed by atoms with Crippen molar-refractivity contribution in [2.24, 2.45) is 10.9 Å². The van der Waals surface area contributed by atoms with Gasteiger partial charge in [0.05, 0.1) is 6.61 Å². The van der Waals surface area contributed by atoms with E-state index in [0.717, 1.165) is 32.2 Å². The Bertz CT molecular complexity index is 517. The molecule has 0 N–H and O–H groups in total. The van der Waals surface area contributed by atoms with Crippen molar-refractivity contribution in [3.63, 3.8) is 0 Å². The Morgan fingerprint density at radius 1 is 1.07 bits per heavy atom. The summed E-state index contributed by atoms with van der Waals surface area (Å²) in [5.41, 5.74) is 1.19. The van der Waals surface area contributed by atoms with Crippen molar-refractivity contribution in [2.45, 2.75) is 90.9 Å². The van der Waals surface area contributed by atoms with Crippen LogP contribution in [0.25, 0.3) is 0 Å². The van der Waals surface area contributed by atoms with Crippen LogP contribution in [0.4, 0.5) is 0 Å². The van der Waals surface area contributed by atoms with Crippen molar-refractivity contribution in [3.8, 4) is 0 Å². The highest BCUT2D eigenvalue weighted by molar-refractivity contribution is 5.95. The summed E-state index contributed by atoms with van der Waals surface area (Å²) in [7, 11) is 0. The van der Waals surface area contributed by atoms with Crippen molar-refractivity contribution < 1.29 is 9.53 Å². The molecule has 1 unspecified atom stereocenters. The first-order valence-corrected chi connectivity index (χ1v) is 11.5. The molecule has 0 fully saturated rings. The molecule has 3 heteroatoms. The Balaban J connectivity index is 2.04. The number of allylic oxidation sites excluding steroid dienone is 5. The van der Waals surface area contributed by atoms with E-state index < -0.39 is 0 Å². The third-order valence-corrected chi connectivity index (χ3v) is 5.02.